The van der Waals surface area contributed by atoms with Gasteiger partial charge in [0.05, 0.1) is 0 Å². The molecule has 0 aliphatic carbocycles. The fourth-order valence-electron chi connectivity index (χ4n) is 9.78. The summed E-state index contributed by atoms with van der Waals surface area (Å²) in [5, 5.41) is 2.19. The van der Waals surface area contributed by atoms with Crippen LogP contribution in [0.4, 0.5) is 0 Å². The number of hydrogen-bond donors (Lipinski definition) is 0. The van der Waals surface area contributed by atoms with Gasteiger partial charge in [-0.15, -0.1) is 94.5 Å². The van der Waals surface area contributed by atoms with Gasteiger partial charge in [-0.2, -0.15) is 0 Å². The predicted molar refractivity (Wildman–Crippen MR) is 289 cm³/mol. The fourth-order valence-corrected chi connectivity index (χ4v) is 9.78. The molecular formula is C67H46IrN3O. The Morgan fingerprint density at radius 3 is 1.49 bits per heavy atom. The molecule has 0 saturated heterocycles. The second-order valence-corrected chi connectivity index (χ2v) is 18.0. The monoisotopic (exact) mass is 1100 g/mol. The van der Waals surface area contributed by atoms with Crippen molar-refractivity contribution in [3.8, 4) is 78.3 Å². The smallest absolute Gasteiger partial charge is 0.455 e. The summed E-state index contributed by atoms with van der Waals surface area (Å²) >= 11 is 0. The third-order valence-electron chi connectivity index (χ3n) is 13.4. The number of rotatable bonds is 13. The van der Waals surface area contributed by atoms with Crippen LogP contribution in [0.3, 0.4) is 0 Å². The van der Waals surface area contributed by atoms with Crippen LogP contribution < -0.4 is 0 Å². The minimum Gasteiger partial charge on any atom is -0.455 e. The largest absolute Gasteiger partial charge is 3.00 e. The van der Waals surface area contributed by atoms with Crippen LogP contribution in [-0.2, 0) is 45.8 Å². The molecule has 344 valence electrons. The van der Waals surface area contributed by atoms with Gasteiger partial charge in [-0.3, -0.25) is 0 Å². The van der Waals surface area contributed by atoms with Crippen molar-refractivity contribution in [2.45, 2.75) is 25.7 Å². The molecule has 72 heavy (non-hydrogen) atoms. The second-order valence-electron chi connectivity index (χ2n) is 18.0. The van der Waals surface area contributed by atoms with E-state index >= 15 is 0 Å². The van der Waals surface area contributed by atoms with Gasteiger partial charge in [0.15, 0.2) is 0 Å². The van der Waals surface area contributed by atoms with Gasteiger partial charge in [-0.05, 0) is 93.6 Å². The first-order chi connectivity index (χ1) is 35.2. The molecular weight excluding hydrogens is 1050 g/mol. The Morgan fingerprint density at radius 2 is 0.889 bits per heavy atom. The van der Waals surface area contributed by atoms with Crippen LogP contribution in [0.2, 0.25) is 0 Å². The number of hydrogen-bond acceptors (Lipinski definition) is 4. The Hall–Kier alpha value is -8.34. The predicted octanol–water partition coefficient (Wildman–Crippen LogP) is 16.4. The van der Waals surface area contributed by atoms with Crippen molar-refractivity contribution in [1.29, 1.82) is 0 Å². The van der Waals surface area contributed by atoms with Gasteiger partial charge in [0, 0.05) is 34.9 Å². The zero-order valence-corrected chi connectivity index (χ0v) is 41.7. The first kappa shape index (κ1) is 46.1. The molecule has 0 saturated carbocycles. The molecule has 0 spiro atoms. The summed E-state index contributed by atoms with van der Waals surface area (Å²) in [6.45, 7) is 0. The van der Waals surface area contributed by atoms with E-state index < -0.39 is 0 Å². The molecule has 0 atom stereocenters. The fraction of sp³-hybridized carbons (Fsp3) is 0.0597. The van der Waals surface area contributed by atoms with Gasteiger partial charge in [0.1, 0.15) is 11.2 Å². The van der Waals surface area contributed by atoms with E-state index in [1.807, 2.05) is 79.3 Å². The minimum atomic E-state index is 0. The quantitative estimate of drug-likeness (QED) is 0.108. The standard InChI is InChI=1S/C67H46N3O.Ir/c1-2-13-50(14-3-1)57-17-12-18-61-60-37-34-53(45-66(60)71-67(57)61)62-44-54(65-21-8-11-40-70-65)35-36-59(62)58-16-5-4-15-56(58)55-42-48(24-22-46-26-30-51(31-27-46)63-19-6-9-38-68-63)41-49(43-55)25-23-47-28-32-52(33-29-47)64-20-7-10-39-69-64;/h1-21,26-30,32,34,36-45H,22-25H2;/q-3;+3. The third-order valence-corrected chi connectivity index (χ3v) is 13.4. The maximum absolute atomic E-state index is 6.81. The van der Waals surface area contributed by atoms with Gasteiger partial charge < -0.3 is 19.4 Å². The van der Waals surface area contributed by atoms with Crippen LogP contribution in [0.1, 0.15) is 22.3 Å². The molecule has 0 aliphatic rings. The van der Waals surface area contributed by atoms with Gasteiger partial charge in [0.25, 0.3) is 0 Å². The summed E-state index contributed by atoms with van der Waals surface area (Å²) in [6, 6.07) is 85.5. The molecule has 4 nitrogen and oxygen atoms in total. The van der Waals surface area contributed by atoms with E-state index in [9.17, 15) is 0 Å². The molecule has 0 N–H and O–H groups in total. The van der Waals surface area contributed by atoms with Crippen molar-refractivity contribution in [2.24, 2.45) is 0 Å². The van der Waals surface area contributed by atoms with Crippen molar-refractivity contribution in [1.82, 2.24) is 15.0 Å². The molecule has 4 heterocycles. The van der Waals surface area contributed by atoms with E-state index in [2.05, 4.69) is 180 Å². The van der Waals surface area contributed by atoms with Crippen LogP contribution in [0.5, 0.6) is 0 Å². The first-order valence-electron chi connectivity index (χ1n) is 24.2. The molecule has 8 aromatic carbocycles. The van der Waals surface area contributed by atoms with Gasteiger partial charge in [-0.1, -0.05) is 163 Å². The maximum atomic E-state index is 6.81. The molecule has 0 aliphatic heterocycles. The van der Waals surface area contributed by atoms with Crippen molar-refractivity contribution in [3.63, 3.8) is 0 Å². The van der Waals surface area contributed by atoms with Crippen LogP contribution in [-0.4, -0.2) is 15.0 Å². The molecule has 0 unspecified atom stereocenters. The molecule has 0 fully saturated rings. The SMILES string of the molecule is [Ir+3].[c-]1cc(CCc2cc(CCc3c[c-]c(-c4ccccn4)cc3)cc(-c3ccccc3-c3c[c-]c(-c4ccccn4)cc3-c3ccc4c(c3)oc3c(-c5ccccc5)cccc34)c2)ccc1-c1ccccn1. The van der Waals surface area contributed by atoms with Gasteiger partial charge in [0.2, 0.25) is 0 Å². The second kappa shape index (κ2) is 20.9. The normalized spacial score (nSPS) is 11.2. The van der Waals surface area contributed by atoms with Crippen LogP contribution in [0, 0.1) is 18.2 Å². The zero-order valence-electron chi connectivity index (χ0n) is 39.4. The third kappa shape index (κ3) is 9.74. The Bertz CT molecular complexity index is 3680. The van der Waals surface area contributed by atoms with E-state index in [1.54, 1.807) is 0 Å². The maximum Gasteiger partial charge on any atom is 3.00 e. The average molecular weight is 1100 g/mol. The number of para-hydroxylation sites is 1. The summed E-state index contributed by atoms with van der Waals surface area (Å²) in [4.78, 5) is 13.8. The van der Waals surface area contributed by atoms with Crippen LogP contribution in [0.15, 0.2) is 235 Å². The van der Waals surface area contributed by atoms with Crippen molar-refractivity contribution < 1.29 is 24.5 Å². The van der Waals surface area contributed by atoms with E-state index in [0.29, 0.717) is 0 Å². The average Bonchev–Trinajstić information content (AvgIpc) is 3.83. The van der Waals surface area contributed by atoms with E-state index in [4.69, 9.17) is 9.40 Å². The summed E-state index contributed by atoms with van der Waals surface area (Å²) < 4.78 is 6.81. The van der Waals surface area contributed by atoms with Crippen molar-refractivity contribution >= 4 is 21.9 Å². The molecule has 12 aromatic rings. The minimum absolute atomic E-state index is 0. The Kier molecular flexibility index (Phi) is 13.4. The van der Waals surface area contributed by atoms with E-state index in [1.165, 1.54) is 27.8 Å². The van der Waals surface area contributed by atoms with E-state index in [0.717, 1.165) is 120 Å². The molecule has 0 radical (unpaired) electrons. The number of aromatic nitrogens is 3. The molecule has 5 heteroatoms. The number of benzene rings is 8. The summed E-state index contributed by atoms with van der Waals surface area (Å²) in [5.74, 6) is 0. The van der Waals surface area contributed by atoms with Crippen LogP contribution >= 0.6 is 0 Å². The molecule has 4 aromatic heterocycles. The summed E-state index contributed by atoms with van der Waals surface area (Å²) in [6.07, 6.45) is 9.04. The van der Waals surface area contributed by atoms with Crippen molar-refractivity contribution in [3.05, 3.63) is 271 Å². The molecule has 12 rings (SSSR count). The number of furan rings is 1. The molecule has 0 amide bonds. The van der Waals surface area contributed by atoms with Gasteiger partial charge in [-0.25, -0.2) is 0 Å². The topological polar surface area (TPSA) is 51.8 Å². The Morgan fingerprint density at radius 1 is 0.333 bits per heavy atom. The number of aryl methyl sites for hydroxylation is 4. The summed E-state index contributed by atoms with van der Waals surface area (Å²) in [7, 11) is 0. The first-order valence-corrected chi connectivity index (χ1v) is 24.2. The Balaban J connectivity index is 0.00000560. The molecule has 0 bridgehead atoms. The van der Waals surface area contributed by atoms with Gasteiger partial charge >= 0.3 is 20.1 Å². The van der Waals surface area contributed by atoms with Crippen molar-refractivity contribution in [2.75, 3.05) is 0 Å². The zero-order chi connectivity index (χ0) is 47.3. The number of nitrogens with zero attached hydrogens (tertiary/aromatic N) is 3. The number of pyridine rings is 3. The van der Waals surface area contributed by atoms with E-state index in [-0.39, 0.29) is 20.1 Å². The van der Waals surface area contributed by atoms with Crippen LogP contribution in [0.25, 0.3) is 100 Å². The number of fused-ring (bicyclic) bond motifs is 3. The Labute approximate surface area is 434 Å². The summed E-state index contributed by atoms with van der Waals surface area (Å²) in [5.41, 5.74) is 21.4.